The van der Waals surface area contributed by atoms with Crippen LogP contribution in [0.3, 0.4) is 0 Å². The van der Waals surface area contributed by atoms with E-state index in [4.69, 9.17) is 16.7 Å². The molecule has 2 nitrogen and oxygen atoms in total. The van der Waals surface area contributed by atoms with E-state index in [2.05, 4.69) is 5.32 Å². The number of nitrogens with one attached hydrogen (secondary N) is 1. The van der Waals surface area contributed by atoms with Gasteiger partial charge in [0.25, 0.3) is 0 Å². The van der Waals surface area contributed by atoms with Gasteiger partial charge < -0.3 is 10.4 Å². The molecule has 0 fully saturated rings. The highest BCUT2D eigenvalue weighted by Crippen LogP contribution is 2.29. The Kier molecular flexibility index (Phi) is 5.47. The van der Waals surface area contributed by atoms with Gasteiger partial charge >= 0.3 is 0 Å². The van der Waals surface area contributed by atoms with E-state index >= 15 is 0 Å². The first-order valence-electron chi connectivity index (χ1n) is 4.88. The first kappa shape index (κ1) is 12.8. The number of thioether (sulfide) groups is 1. The van der Waals surface area contributed by atoms with E-state index in [1.165, 1.54) is 5.56 Å². The van der Waals surface area contributed by atoms with Crippen LogP contribution in [0.15, 0.2) is 23.1 Å². The lowest BCUT2D eigenvalue weighted by Gasteiger charge is -2.12. The molecular formula is C11H16ClNOS. The van der Waals surface area contributed by atoms with Gasteiger partial charge in [0.2, 0.25) is 0 Å². The van der Waals surface area contributed by atoms with E-state index in [0.717, 1.165) is 16.5 Å². The molecule has 0 amide bonds. The van der Waals surface area contributed by atoms with Crippen molar-refractivity contribution in [3.63, 3.8) is 0 Å². The zero-order valence-corrected chi connectivity index (χ0v) is 10.5. The van der Waals surface area contributed by atoms with Crippen molar-refractivity contribution in [3.8, 4) is 0 Å². The third kappa shape index (κ3) is 4.03. The van der Waals surface area contributed by atoms with Gasteiger partial charge in [-0.15, -0.1) is 11.8 Å². The Bertz CT molecular complexity index is 319. The van der Waals surface area contributed by atoms with Crippen LogP contribution in [0, 0.1) is 0 Å². The molecule has 0 radical (unpaired) electrons. The van der Waals surface area contributed by atoms with Crippen molar-refractivity contribution in [1.82, 2.24) is 5.32 Å². The molecule has 1 atom stereocenters. The van der Waals surface area contributed by atoms with Crippen molar-refractivity contribution < 1.29 is 5.11 Å². The summed E-state index contributed by atoms with van der Waals surface area (Å²) < 4.78 is 0. The molecule has 1 aromatic rings. The Morgan fingerprint density at radius 2 is 2.27 bits per heavy atom. The smallest absolute Gasteiger partial charge is 0.0550 e. The molecule has 1 unspecified atom stereocenters. The fourth-order valence-electron chi connectivity index (χ4n) is 1.23. The van der Waals surface area contributed by atoms with Gasteiger partial charge in [0.05, 0.1) is 6.61 Å². The van der Waals surface area contributed by atoms with Crippen molar-refractivity contribution in [1.29, 1.82) is 0 Å². The predicted molar refractivity (Wildman–Crippen MR) is 66.6 cm³/mol. The van der Waals surface area contributed by atoms with Crippen molar-refractivity contribution in [2.45, 2.75) is 23.6 Å². The molecule has 2 N–H and O–H groups in total. The summed E-state index contributed by atoms with van der Waals surface area (Å²) in [6.45, 7) is 2.99. The Labute approximate surface area is 100 Å². The van der Waals surface area contributed by atoms with E-state index < -0.39 is 0 Å². The molecule has 0 aromatic heterocycles. The van der Waals surface area contributed by atoms with Crippen LogP contribution in [-0.2, 0) is 6.54 Å². The summed E-state index contributed by atoms with van der Waals surface area (Å²) >= 11 is 7.60. The van der Waals surface area contributed by atoms with Crippen LogP contribution < -0.4 is 5.32 Å². The Morgan fingerprint density at radius 3 is 2.87 bits per heavy atom. The van der Waals surface area contributed by atoms with Crippen LogP contribution in [0.5, 0.6) is 0 Å². The molecular weight excluding hydrogens is 230 g/mol. The van der Waals surface area contributed by atoms with Gasteiger partial charge in [-0.25, -0.2) is 0 Å². The molecule has 0 aliphatic carbocycles. The summed E-state index contributed by atoms with van der Waals surface area (Å²) in [6.07, 6.45) is 0. The third-order valence-electron chi connectivity index (χ3n) is 1.98. The number of halogens is 1. The minimum atomic E-state index is 0.177. The Balaban J connectivity index is 2.86. The highest BCUT2D eigenvalue weighted by molar-refractivity contribution is 8.00. The van der Waals surface area contributed by atoms with Crippen LogP contribution in [0.25, 0.3) is 0 Å². The second-order valence-electron chi connectivity index (χ2n) is 3.39. The van der Waals surface area contributed by atoms with E-state index in [9.17, 15) is 0 Å². The number of hydrogen-bond donors (Lipinski definition) is 2. The molecule has 0 saturated carbocycles. The van der Waals surface area contributed by atoms with E-state index in [1.807, 2.05) is 32.2 Å². The van der Waals surface area contributed by atoms with Crippen LogP contribution in [0.2, 0.25) is 5.02 Å². The summed E-state index contributed by atoms with van der Waals surface area (Å²) in [7, 11) is 1.92. The number of hydrogen-bond acceptors (Lipinski definition) is 3. The summed E-state index contributed by atoms with van der Waals surface area (Å²) in [4.78, 5) is 1.14. The maximum atomic E-state index is 9.02. The average Bonchev–Trinajstić information content (AvgIpc) is 2.22. The quantitative estimate of drug-likeness (QED) is 0.782. The maximum Gasteiger partial charge on any atom is 0.0550 e. The van der Waals surface area contributed by atoms with Crippen LogP contribution in [0.4, 0.5) is 0 Å². The fourth-order valence-corrected chi connectivity index (χ4v) is 2.46. The molecule has 1 rings (SSSR count). The predicted octanol–water partition coefficient (Wildman–Crippen LogP) is 2.53. The SMILES string of the molecule is CNCc1ccc(Cl)cc1SC(C)CO. The van der Waals surface area contributed by atoms with Crippen molar-refractivity contribution in [3.05, 3.63) is 28.8 Å². The molecule has 0 saturated heterocycles. The van der Waals surface area contributed by atoms with Gasteiger partial charge in [0.15, 0.2) is 0 Å². The molecule has 1 aromatic carbocycles. The van der Waals surface area contributed by atoms with Crippen molar-refractivity contribution in [2.24, 2.45) is 0 Å². The second-order valence-corrected chi connectivity index (χ2v) is 5.31. The highest BCUT2D eigenvalue weighted by Gasteiger charge is 2.08. The first-order valence-corrected chi connectivity index (χ1v) is 6.13. The van der Waals surface area contributed by atoms with Crippen LogP contribution in [-0.4, -0.2) is 24.0 Å². The molecule has 0 heterocycles. The molecule has 0 spiro atoms. The van der Waals surface area contributed by atoms with Crippen LogP contribution in [0.1, 0.15) is 12.5 Å². The standard InChI is InChI=1S/C11H16ClNOS/c1-8(7-14)15-11-5-10(12)4-3-9(11)6-13-2/h3-5,8,13-14H,6-7H2,1-2H3. The van der Waals surface area contributed by atoms with Gasteiger partial charge in [-0.05, 0) is 24.7 Å². The molecule has 84 valence electrons. The summed E-state index contributed by atoms with van der Waals surface area (Å²) in [5.41, 5.74) is 1.22. The summed E-state index contributed by atoms with van der Waals surface area (Å²) in [5, 5.41) is 13.1. The third-order valence-corrected chi connectivity index (χ3v) is 3.40. The Hall–Kier alpha value is -0.220. The minimum absolute atomic E-state index is 0.177. The maximum absolute atomic E-state index is 9.02. The van der Waals surface area contributed by atoms with Gasteiger partial charge in [-0.2, -0.15) is 0 Å². The lowest BCUT2D eigenvalue weighted by molar-refractivity contribution is 0.300. The fraction of sp³-hybridized carbons (Fsp3) is 0.455. The van der Waals surface area contributed by atoms with Gasteiger partial charge in [0.1, 0.15) is 0 Å². The molecule has 4 heteroatoms. The summed E-state index contributed by atoms with van der Waals surface area (Å²) in [5.74, 6) is 0. The number of rotatable bonds is 5. The lowest BCUT2D eigenvalue weighted by Crippen LogP contribution is -2.08. The lowest BCUT2D eigenvalue weighted by atomic mass is 10.2. The largest absolute Gasteiger partial charge is 0.395 e. The molecule has 0 aliphatic rings. The normalized spacial score (nSPS) is 12.8. The molecule has 0 aliphatic heterocycles. The molecule has 0 bridgehead atoms. The topological polar surface area (TPSA) is 32.3 Å². The van der Waals surface area contributed by atoms with E-state index in [-0.39, 0.29) is 11.9 Å². The van der Waals surface area contributed by atoms with Gasteiger partial charge in [-0.1, -0.05) is 24.6 Å². The Morgan fingerprint density at radius 1 is 1.53 bits per heavy atom. The second kappa shape index (κ2) is 6.38. The zero-order chi connectivity index (χ0) is 11.3. The highest BCUT2D eigenvalue weighted by atomic mass is 35.5. The average molecular weight is 246 g/mol. The van der Waals surface area contributed by atoms with Gasteiger partial charge in [-0.3, -0.25) is 0 Å². The monoisotopic (exact) mass is 245 g/mol. The number of aliphatic hydroxyl groups excluding tert-OH is 1. The molecule has 15 heavy (non-hydrogen) atoms. The zero-order valence-electron chi connectivity index (χ0n) is 8.96. The first-order chi connectivity index (χ1) is 7.17. The van der Waals surface area contributed by atoms with Crippen molar-refractivity contribution in [2.75, 3.05) is 13.7 Å². The summed E-state index contributed by atoms with van der Waals surface area (Å²) in [6, 6.07) is 5.86. The number of aliphatic hydroxyl groups is 1. The number of benzene rings is 1. The van der Waals surface area contributed by atoms with Crippen LogP contribution >= 0.6 is 23.4 Å². The minimum Gasteiger partial charge on any atom is -0.395 e. The van der Waals surface area contributed by atoms with E-state index in [1.54, 1.807) is 11.8 Å². The van der Waals surface area contributed by atoms with E-state index in [0.29, 0.717) is 0 Å². The van der Waals surface area contributed by atoms with Crippen molar-refractivity contribution >= 4 is 23.4 Å². The van der Waals surface area contributed by atoms with Gasteiger partial charge in [0, 0.05) is 21.7 Å².